The third-order valence-electron chi connectivity index (χ3n) is 3.44. The fourth-order valence-electron chi connectivity index (χ4n) is 2.58. The molecule has 2 rings (SSSR count). The lowest BCUT2D eigenvalue weighted by Crippen LogP contribution is -2.39. The van der Waals surface area contributed by atoms with Gasteiger partial charge in [0.15, 0.2) is 0 Å². The third kappa shape index (κ3) is 3.14. The van der Waals surface area contributed by atoms with Crippen LogP contribution in [0.25, 0.3) is 0 Å². The van der Waals surface area contributed by atoms with Crippen LogP contribution in [0.2, 0.25) is 0 Å². The van der Waals surface area contributed by atoms with Gasteiger partial charge >= 0.3 is 0 Å². The van der Waals surface area contributed by atoms with E-state index in [9.17, 15) is 8.42 Å². The average Bonchev–Trinajstić information content (AvgIpc) is 2.99. The summed E-state index contributed by atoms with van der Waals surface area (Å²) in [7, 11) is -3.16. The molecule has 1 saturated carbocycles. The van der Waals surface area contributed by atoms with Gasteiger partial charge in [-0.2, -0.15) is 4.31 Å². The normalized spacial score (nSPS) is 17.7. The predicted molar refractivity (Wildman–Crippen MR) is 70.6 cm³/mol. The lowest BCUT2D eigenvalue weighted by Gasteiger charge is -2.27. The first-order valence-electron chi connectivity index (χ1n) is 6.65. The van der Waals surface area contributed by atoms with Crippen LogP contribution in [0.4, 0.5) is 0 Å². The molecule has 0 N–H and O–H groups in total. The largest absolute Gasteiger partial charge is 0.468 e. The highest BCUT2D eigenvalue weighted by Crippen LogP contribution is 2.27. The fourth-order valence-corrected chi connectivity index (χ4v) is 4.32. The number of furan rings is 1. The van der Waals surface area contributed by atoms with Crippen LogP contribution >= 0.6 is 0 Å². The predicted octanol–water partition coefficient (Wildman–Crippen LogP) is 2.76. The van der Waals surface area contributed by atoms with E-state index in [1.807, 2.05) is 13.0 Å². The van der Waals surface area contributed by atoms with E-state index in [1.165, 1.54) is 0 Å². The second kappa shape index (κ2) is 5.89. The molecule has 1 aromatic heterocycles. The summed E-state index contributed by atoms with van der Waals surface area (Å²) in [6.07, 6.45) is 6.45. The van der Waals surface area contributed by atoms with Crippen LogP contribution in [-0.2, 0) is 16.6 Å². The highest BCUT2D eigenvalue weighted by Gasteiger charge is 2.31. The van der Waals surface area contributed by atoms with Gasteiger partial charge in [0.2, 0.25) is 10.0 Å². The molecule has 102 valence electrons. The van der Waals surface area contributed by atoms with Crippen molar-refractivity contribution in [3.8, 4) is 0 Å². The van der Waals surface area contributed by atoms with Gasteiger partial charge in [-0.05, 0) is 31.4 Å². The number of hydrogen-bond donors (Lipinski definition) is 0. The Kier molecular flexibility index (Phi) is 4.45. The van der Waals surface area contributed by atoms with E-state index in [0.717, 1.165) is 31.4 Å². The van der Waals surface area contributed by atoms with Gasteiger partial charge in [-0.3, -0.25) is 0 Å². The first kappa shape index (κ1) is 13.6. The summed E-state index contributed by atoms with van der Waals surface area (Å²) in [5.74, 6) is 0.950. The molecule has 4 nitrogen and oxygen atoms in total. The second-order valence-corrected chi connectivity index (χ2v) is 6.92. The molecular weight excluding hydrogens is 250 g/mol. The van der Waals surface area contributed by atoms with Crippen molar-refractivity contribution in [1.82, 2.24) is 4.31 Å². The Morgan fingerprint density at radius 2 is 2.11 bits per heavy atom. The van der Waals surface area contributed by atoms with E-state index >= 15 is 0 Å². The number of nitrogens with zero attached hydrogens (tertiary/aromatic N) is 1. The molecule has 1 aliphatic carbocycles. The third-order valence-corrected chi connectivity index (χ3v) is 5.51. The molecule has 1 aliphatic rings. The molecule has 0 unspecified atom stereocenters. The van der Waals surface area contributed by atoms with Gasteiger partial charge in [0.25, 0.3) is 0 Å². The van der Waals surface area contributed by atoms with Crippen molar-refractivity contribution < 1.29 is 12.8 Å². The Balaban J connectivity index is 2.17. The van der Waals surface area contributed by atoms with Crippen LogP contribution < -0.4 is 0 Å². The Bertz CT molecular complexity index is 447. The summed E-state index contributed by atoms with van der Waals surface area (Å²) in [5, 5.41) is 0. The molecule has 0 saturated heterocycles. The van der Waals surface area contributed by atoms with E-state index in [-0.39, 0.29) is 11.8 Å². The topological polar surface area (TPSA) is 50.5 Å². The Morgan fingerprint density at radius 3 is 2.67 bits per heavy atom. The lowest BCUT2D eigenvalue weighted by atomic mass is 10.2. The zero-order valence-electron chi connectivity index (χ0n) is 10.8. The quantitative estimate of drug-likeness (QED) is 0.799. The summed E-state index contributed by atoms with van der Waals surface area (Å²) in [6.45, 7) is 2.28. The van der Waals surface area contributed by atoms with Crippen LogP contribution in [0.15, 0.2) is 22.8 Å². The molecule has 1 fully saturated rings. The molecule has 0 spiro atoms. The SMILES string of the molecule is CCCS(=O)(=O)N(Cc1ccco1)C1CCCC1. The summed E-state index contributed by atoms with van der Waals surface area (Å²) in [6, 6.07) is 3.80. The fraction of sp³-hybridized carbons (Fsp3) is 0.692. The maximum absolute atomic E-state index is 12.3. The number of sulfonamides is 1. The smallest absolute Gasteiger partial charge is 0.214 e. The monoisotopic (exact) mass is 271 g/mol. The summed E-state index contributed by atoms with van der Waals surface area (Å²) in [4.78, 5) is 0. The van der Waals surface area contributed by atoms with E-state index < -0.39 is 10.0 Å². The summed E-state index contributed by atoms with van der Waals surface area (Å²) in [5.41, 5.74) is 0. The number of hydrogen-bond acceptors (Lipinski definition) is 3. The van der Waals surface area contributed by atoms with E-state index in [0.29, 0.717) is 13.0 Å². The minimum atomic E-state index is -3.16. The van der Waals surface area contributed by atoms with E-state index in [1.54, 1.807) is 16.6 Å². The molecule has 1 heterocycles. The Morgan fingerprint density at radius 1 is 1.39 bits per heavy atom. The highest BCUT2D eigenvalue weighted by atomic mass is 32.2. The average molecular weight is 271 g/mol. The van der Waals surface area contributed by atoms with Gasteiger partial charge < -0.3 is 4.42 Å². The van der Waals surface area contributed by atoms with Gasteiger partial charge in [0.1, 0.15) is 5.76 Å². The maximum atomic E-state index is 12.3. The van der Waals surface area contributed by atoms with Crippen molar-refractivity contribution in [2.75, 3.05) is 5.75 Å². The molecule has 0 amide bonds. The molecule has 0 aromatic carbocycles. The van der Waals surface area contributed by atoms with Crippen LogP contribution in [0.3, 0.4) is 0 Å². The second-order valence-electron chi connectivity index (χ2n) is 4.88. The minimum absolute atomic E-state index is 0.159. The van der Waals surface area contributed by atoms with Crippen molar-refractivity contribution in [2.24, 2.45) is 0 Å². The lowest BCUT2D eigenvalue weighted by molar-refractivity contribution is 0.292. The summed E-state index contributed by atoms with van der Waals surface area (Å²) < 4.78 is 31.6. The minimum Gasteiger partial charge on any atom is -0.468 e. The maximum Gasteiger partial charge on any atom is 0.214 e. The Labute approximate surface area is 109 Å². The van der Waals surface area contributed by atoms with Crippen LogP contribution in [0.5, 0.6) is 0 Å². The first-order valence-corrected chi connectivity index (χ1v) is 8.26. The van der Waals surface area contributed by atoms with Crippen LogP contribution in [0.1, 0.15) is 44.8 Å². The zero-order chi connectivity index (χ0) is 13.0. The molecule has 18 heavy (non-hydrogen) atoms. The van der Waals surface area contributed by atoms with Crippen molar-refractivity contribution >= 4 is 10.0 Å². The van der Waals surface area contributed by atoms with Gasteiger partial charge in [0.05, 0.1) is 18.6 Å². The first-order chi connectivity index (χ1) is 8.63. The van der Waals surface area contributed by atoms with Gasteiger partial charge in [-0.15, -0.1) is 0 Å². The number of rotatable bonds is 6. The Hall–Kier alpha value is -0.810. The van der Waals surface area contributed by atoms with Crippen LogP contribution in [-0.4, -0.2) is 24.5 Å². The zero-order valence-corrected chi connectivity index (χ0v) is 11.7. The van der Waals surface area contributed by atoms with Crippen LogP contribution in [0, 0.1) is 0 Å². The summed E-state index contributed by atoms with van der Waals surface area (Å²) >= 11 is 0. The molecule has 0 bridgehead atoms. The molecular formula is C13H21NO3S. The molecule has 0 radical (unpaired) electrons. The standard InChI is InChI=1S/C13H21NO3S/c1-2-10-18(15,16)14(12-6-3-4-7-12)11-13-8-5-9-17-13/h5,8-9,12H,2-4,6-7,10-11H2,1H3. The van der Waals surface area contributed by atoms with Crippen molar-refractivity contribution in [3.05, 3.63) is 24.2 Å². The molecule has 5 heteroatoms. The van der Waals surface area contributed by atoms with Crippen molar-refractivity contribution in [3.63, 3.8) is 0 Å². The van der Waals surface area contributed by atoms with E-state index in [4.69, 9.17) is 4.42 Å². The highest BCUT2D eigenvalue weighted by molar-refractivity contribution is 7.89. The molecule has 1 aromatic rings. The van der Waals surface area contributed by atoms with Gasteiger partial charge in [-0.1, -0.05) is 19.8 Å². The van der Waals surface area contributed by atoms with Gasteiger partial charge in [-0.25, -0.2) is 8.42 Å². The van der Waals surface area contributed by atoms with Crippen molar-refractivity contribution in [1.29, 1.82) is 0 Å². The van der Waals surface area contributed by atoms with E-state index in [2.05, 4.69) is 0 Å². The van der Waals surface area contributed by atoms with Gasteiger partial charge in [0, 0.05) is 6.04 Å². The molecule has 0 atom stereocenters. The molecule has 0 aliphatic heterocycles. The van der Waals surface area contributed by atoms with Crippen molar-refractivity contribution in [2.45, 2.75) is 51.6 Å².